The molecule has 0 aromatic carbocycles. The lowest BCUT2D eigenvalue weighted by Gasteiger charge is -2.11. The van der Waals surface area contributed by atoms with Crippen LogP contribution in [0.1, 0.15) is 23.5 Å². The van der Waals surface area contributed by atoms with E-state index >= 15 is 0 Å². The van der Waals surface area contributed by atoms with Gasteiger partial charge in [0.1, 0.15) is 0 Å². The molecule has 76 valence electrons. The highest BCUT2D eigenvalue weighted by atomic mass is 79.9. The molecule has 1 aromatic rings. The molecule has 2 heterocycles. The summed E-state index contributed by atoms with van der Waals surface area (Å²) in [6.07, 6.45) is 2.17. The van der Waals surface area contributed by atoms with Gasteiger partial charge in [0.25, 0.3) is 5.91 Å². The van der Waals surface area contributed by atoms with Crippen molar-refractivity contribution < 1.29 is 4.79 Å². The molecule has 14 heavy (non-hydrogen) atoms. The molecule has 0 atom stereocenters. The van der Waals surface area contributed by atoms with Crippen LogP contribution in [0.2, 0.25) is 0 Å². The van der Waals surface area contributed by atoms with Crippen molar-refractivity contribution in [2.75, 3.05) is 13.1 Å². The maximum atomic E-state index is 11.8. The number of hydrogen-bond donors (Lipinski definition) is 0. The summed E-state index contributed by atoms with van der Waals surface area (Å²) in [7, 11) is 1.75. The average Bonchev–Trinajstić information content (AvgIpc) is 2.76. The van der Waals surface area contributed by atoms with Crippen molar-refractivity contribution in [3.05, 3.63) is 10.6 Å². The summed E-state index contributed by atoms with van der Waals surface area (Å²) in [5, 5.41) is 4.02. The second-order valence-corrected chi connectivity index (χ2v) is 4.04. The van der Waals surface area contributed by atoms with Crippen LogP contribution in [-0.4, -0.2) is 38.7 Å². The van der Waals surface area contributed by atoms with E-state index in [1.165, 1.54) is 0 Å². The summed E-state index contributed by atoms with van der Waals surface area (Å²) in [5.74, 6) is 0.213. The van der Waals surface area contributed by atoms with Crippen LogP contribution in [0.15, 0.2) is 4.73 Å². The van der Waals surface area contributed by atoms with Gasteiger partial charge in [-0.2, -0.15) is 4.98 Å². The van der Waals surface area contributed by atoms with Gasteiger partial charge in [-0.05, 0) is 28.8 Å². The topological polar surface area (TPSA) is 51.0 Å². The Balaban J connectivity index is 2.18. The molecular weight excluding hydrogens is 248 g/mol. The molecular formula is C8H11BrN4O. The van der Waals surface area contributed by atoms with Crippen molar-refractivity contribution in [3.8, 4) is 0 Å². The van der Waals surface area contributed by atoms with Crippen LogP contribution >= 0.6 is 15.9 Å². The van der Waals surface area contributed by atoms with Crippen LogP contribution in [0.25, 0.3) is 0 Å². The smallest absolute Gasteiger partial charge is 0.293 e. The number of nitrogens with zero attached hydrogens (tertiary/aromatic N) is 4. The van der Waals surface area contributed by atoms with Crippen LogP contribution in [0.3, 0.4) is 0 Å². The number of carbonyl (C=O) groups excluding carboxylic acids is 1. The van der Waals surface area contributed by atoms with Gasteiger partial charge >= 0.3 is 0 Å². The molecule has 0 N–H and O–H groups in total. The van der Waals surface area contributed by atoms with E-state index in [2.05, 4.69) is 26.0 Å². The number of carbonyl (C=O) groups is 1. The number of rotatable bonds is 1. The highest BCUT2D eigenvalue weighted by molar-refractivity contribution is 9.10. The molecule has 0 radical (unpaired) electrons. The third kappa shape index (κ3) is 1.66. The van der Waals surface area contributed by atoms with E-state index in [1.54, 1.807) is 16.6 Å². The molecule has 1 saturated heterocycles. The molecule has 1 amide bonds. The Morgan fingerprint density at radius 3 is 2.57 bits per heavy atom. The zero-order chi connectivity index (χ0) is 10.1. The van der Waals surface area contributed by atoms with E-state index in [0.717, 1.165) is 25.9 Å². The fourth-order valence-corrected chi connectivity index (χ4v) is 1.76. The standard InChI is InChI=1S/C8H11BrN4O/c1-12-8(9)10-6(11-12)7(14)13-4-2-3-5-13/h2-5H2,1H3. The number of amides is 1. The molecule has 5 nitrogen and oxygen atoms in total. The fourth-order valence-electron chi connectivity index (χ4n) is 1.52. The van der Waals surface area contributed by atoms with E-state index < -0.39 is 0 Å². The minimum absolute atomic E-state index is 0.0659. The maximum absolute atomic E-state index is 11.8. The normalized spacial score (nSPS) is 16.3. The van der Waals surface area contributed by atoms with Gasteiger partial charge in [-0.15, -0.1) is 5.10 Å². The van der Waals surface area contributed by atoms with Gasteiger partial charge < -0.3 is 4.90 Å². The van der Waals surface area contributed by atoms with Crippen LogP contribution in [-0.2, 0) is 7.05 Å². The number of hydrogen-bond acceptors (Lipinski definition) is 3. The van der Waals surface area contributed by atoms with E-state index in [-0.39, 0.29) is 11.7 Å². The summed E-state index contributed by atoms with van der Waals surface area (Å²) in [6, 6.07) is 0. The third-order valence-electron chi connectivity index (χ3n) is 2.29. The Morgan fingerprint density at radius 1 is 1.43 bits per heavy atom. The largest absolute Gasteiger partial charge is 0.336 e. The molecule has 1 aliphatic heterocycles. The average molecular weight is 259 g/mol. The molecule has 1 fully saturated rings. The van der Waals surface area contributed by atoms with Crippen molar-refractivity contribution in [2.24, 2.45) is 7.05 Å². The molecule has 0 bridgehead atoms. The summed E-state index contributed by atoms with van der Waals surface area (Å²) in [5.41, 5.74) is 0. The monoisotopic (exact) mass is 258 g/mol. The number of aromatic nitrogens is 3. The maximum Gasteiger partial charge on any atom is 0.293 e. The van der Waals surface area contributed by atoms with Gasteiger partial charge in [-0.3, -0.25) is 4.79 Å². The minimum atomic E-state index is -0.0659. The molecule has 0 unspecified atom stereocenters. The molecule has 1 aromatic heterocycles. The van der Waals surface area contributed by atoms with Gasteiger partial charge in [0.05, 0.1) is 0 Å². The summed E-state index contributed by atoms with van der Waals surface area (Å²) < 4.78 is 2.13. The fraction of sp³-hybridized carbons (Fsp3) is 0.625. The van der Waals surface area contributed by atoms with Crippen molar-refractivity contribution in [1.29, 1.82) is 0 Å². The molecule has 6 heteroatoms. The SMILES string of the molecule is Cn1nc(C(=O)N2CCCC2)nc1Br. The van der Waals surface area contributed by atoms with Crippen molar-refractivity contribution in [3.63, 3.8) is 0 Å². The van der Waals surface area contributed by atoms with Crippen LogP contribution in [0.4, 0.5) is 0 Å². The first-order chi connectivity index (χ1) is 6.68. The van der Waals surface area contributed by atoms with E-state index in [4.69, 9.17) is 0 Å². The lowest BCUT2D eigenvalue weighted by atomic mass is 10.4. The Morgan fingerprint density at radius 2 is 2.07 bits per heavy atom. The molecule has 0 aliphatic carbocycles. The second kappa shape index (κ2) is 3.68. The van der Waals surface area contributed by atoms with Gasteiger partial charge in [0.2, 0.25) is 5.82 Å². The third-order valence-corrected chi connectivity index (χ3v) is 2.99. The first-order valence-corrected chi connectivity index (χ1v) is 5.33. The summed E-state index contributed by atoms with van der Waals surface area (Å²) >= 11 is 3.21. The Labute approximate surface area is 90.2 Å². The lowest BCUT2D eigenvalue weighted by molar-refractivity contribution is 0.0780. The van der Waals surface area contributed by atoms with E-state index in [0.29, 0.717) is 4.73 Å². The minimum Gasteiger partial charge on any atom is -0.336 e. The highest BCUT2D eigenvalue weighted by Crippen LogP contribution is 2.12. The lowest BCUT2D eigenvalue weighted by Crippen LogP contribution is -2.28. The van der Waals surface area contributed by atoms with Crippen LogP contribution < -0.4 is 0 Å². The van der Waals surface area contributed by atoms with Crippen LogP contribution in [0.5, 0.6) is 0 Å². The Hall–Kier alpha value is -0.910. The Kier molecular flexibility index (Phi) is 2.54. The molecule has 0 saturated carbocycles. The highest BCUT2D eigenvalue weighted by Gasteiger charge is 2.23. The van der Waals surface area contributed by atoms with E-state index in [9.17, 15) is 4.79 Å². The van der Waals surface area contributed by atoms with E-state index in [1.807, 2.05) is 0 Å². The second-order valence-electron chi connectivity index (χ2n) is 3.33. The number of aryl methyl sites for hydroxylation is 1. The van der Waals surface area contributed by atoms with Gasteiger partial charge in [-0.1, -0.05) is 0 Å². The first kappa shape index (κ1) is 9.64. The predicted molar refractivity (Wildman–Crippen MR) is 53.8 cm³/mol. The van der Waals surface area contributed by atoms with Crippen molar-refractivity contribution in [2.45, 2.75) is 12.8 Å². The van der Waals surface area contributed by atoms with Gasteiger partial charge in [0.15, 0.2) is 4.73 Å². The Bertz CT molecular complexity index is 337. The van der Waals surface area contributed by atoms with Gasteiger partial charge in [-0.25, -0.2) is 4.68 Å². The summed E-state index contributed by atoms with van der Waals surface area (Å²) in [4.78, 5) is 17.6. The van der Waals surface area contributed by atoms with Crippen LogP contribution in [0, 0.1) is 0 Å². The predicted octanol–water partition coefficient (Wildman–Crippen LogP) is 0.814. The van der Waals surface area contributed by atoms with Crippen molar-refractivity contribution in [1.82, 2.24) is 19.7 Å². The summed E-state index contributed by atoms with van der Waals surface area (Å²) in [6.45, 7) is 1.66. The first-order valence-electron chi connectivity index (χ1n) is 4.54. The van der Waals surface area contributed by atoms with Gasteiger partial charge in [0, 0.05) is 20.1 Å². The number of likely N-dealkylation sites (tertiary alicyclic amines) is 1. The van der Waals surface area contributed by atoms with Crippen molar-refractivity contribution >= 4 is 21.8 Å². The molecule has 0 spiro atoms. The quantitative estimate of drug-likeness (QED) is 0.750. The number of halogens is 1. The zero-order valence-electron chi connectivity index (χ0n) is 7.90. The zero-order valence-corrected chi connectivity index (χ0v) is 9.49. The molecule has 2 rings (SSSR count). The molecule has 1 aliphatic rings.